The molecule has 0 bridgehead atoms. The molecule has 8 heteroatoms. The van der Waals surface area contributed by atoms with Gasteiger partial charge >= 0.3 is 0 Å². The Bertz CT molecular complexity index is 464. The van der Waals surface area contributed by atoms with Crippen molar-refractivity contribution in [3.63, 3.8) is 0 Å². The summed E-state index contributed by atoms with van der Waals surface area (Å²) >= 11 is 0. The van der Waals surface area contributed by atoms with E-state index in [1.807, 2.05) is 0 Å². The SMILES string of the molecule is N=CC(CCCCN1C(=O)C=CC1=O)S(=O)(=O)O. The van der Waals surface area contributed by atoms with Crippen LogP contribution < -0.4 is 0 Å². The number of carbonyl (C=O) groups excluding carboxylic acids is 2. The van der Waals surface area contributed by atoms with Crippen LogP contribution in [-0.4, -0.2) is 47.7 Å². The number of hydrogen-bond acceptors (Lipinski definition) is 5. The molecule has 0 saturated carbocycles. The zero-order chi connectivity index (χ0) is 13.8. The van der Waals surface area contributed by atoms with Gasteiger partial charge in [-0.05, 0) is 19.3 Å². The smallest absolute Gasteiger partial charge is 0.272 e. The highest BCUT2D eigenvalue weighted by Gasteiger charge is 2.23. The monoisotopic (exact) mass is 274 g/mol. The van der Waals surface area contributed by atoms with Crippen molar-refractivity contribution in [3.05, 3.63) is 12.2 Å². The highest BCUT2D eigenvalue weighted by atomic mass is 32.2. The minimum atomic E-state index is -4.24. The van der Waals surface area contributed by atoms with E-state index in [1.54, 1.807) is 0 Å². The van der Waals surface area contributed by atoms with E-state index in [-0.39, 0.29) is 24.8 Å². The zero-order valence-corrected chi connectivity index (χ0v) is 10.4. The third kappa shape index (κ3) is 3.74. The first-order chi connectivity index (χ1) is 8.36. The van der Waals surface area contributed by atoms with Crippen molar-refractivity contribution in [2.24, 2.45) is 0 Å². The van der Waals surface area contributed by atoms with E-state index in [1.165, 1.54) is 12.2 Å². The molecule has 1 aliphatic heterocycles. The summed E-state index contributed by atoms with van der Waals surface area (Å²) in [5, 5.41) is 5.67. The summed E-state index contributed by atoms with van der Waals surface area (Å²) in [6.07, 6.45) is 3.94. The Morgan fingerprint density at radius 1 is 1.28 bits per heavy atom. The number of nitrogens with zero attached hydrogens (tertiary/aromatic N) is 1. The predicted molar refractivity (Wildman–Crippen MR) is 63.8 cm³/mol. The summed E-state index contributed by atoms with van der Waals surface area (Å²) in [4.78, 5) is 23.4. The second-order valence-electron chi connectivity index (χ2n) is 3.88. The van der Waals surface area contributed by atoms with Gasteiger partial charge in [0, 0.05) is 24.9 Å². The lowest BCUT2D eigenvalue weighted by Gasteiger charge is -2.14. The molecule has 7 nitrogen and oxygen atoms in total. The molecule has 1 aliphatic rings. The van der Waals surface area contributed by atoms with Gasteiger partial charge in [0.2, 0.25) is 0 Å². The molecule has 1 atom stereocenters. The van der Waals surface area contributed by atoms with Crippen LogP contribution in [0.25, 0.3) is 0 Å². The molecule has 1 unspecified atom stereocenters. The van der Waals surface area contributed by atoms with Gasteiger partial charge in [-0.3, -0.25) is 19.0 Å². The van der Waals surface area contributed by atoms with E-state index in [4.69, 9.17) is 9.96 Å². The van der Waals surface area contributed by atoms with Gasteiger partial charge in [-0.1, -0.05) is 0 Å². The average molecular weight is 274 g/mol. The van der Waals surface area contributed by atoms with E-state index < -0.39 is 15.4 Å². The molecule has 0 spiro atoms. The molecule has 0 aromatic carbocycles. The first kappa shape index (κ1) is 14.5. The standard InChI is InChI=1S/C10H14N2O5S/c11-7-8(18(15,16)17)3-1-2-6-12-9(13)4-5-10(12)14/h4-5,7-8,11H,1-3,6H2,(H,15,16,17). The molecule has 0 fully saturated rings. The highest BCUT2D eigenvalue weighted by molar-refractivity contribution is 7.87. The number of amides is 2. The average Bonchev–Trinajstić information content (AvgIpc) is 2.58. The molecule has 0 saturated heterocycles. The summed E-state index contributed by atoms with van der Waals surface area (Å²) in [6, 6.07) is 0. The fourth-order valence-electron chi connectivity index (χ4n) is 1.59. The van der Waals surface area contributed by atoms with Gasteiger partial charge in [0.05, 0.1) is 0 Å². The lowest BCUT2D eigenvalue weighted by Crippen LogP contribution is -2.31. The Morgan fingerprint density at radius 3 is 2.28 bits per heavy atom. The van der Waals surface area contributed by atoms with Gasteiger partial charge in [0.25, 0.3) is 21.9 Å². The van der Waals surface area contributed by atoms with Crippen molar-refractivity contribution in [3.8, 4) is 0 Å². The molecule has 2 amide bonds. The molecule has 100 valence electrons. The fraction of sp³-hybridized carbons (Fsp3) is 0.500. The third-order valence-corrected chi connectivity index (χ3v) is 3.73. The van der Waals surface area contributed by atoms with E-state index in [2.05, 4.69) is 0 Å². The molecule has 2 N–H and O–H groups in total. The summed E-state index contributed by atoms with van der Waals surface area (Å²) in [5.74, 6) is -0.753. The number of unbranched alkanes of at least 4 members (excludes halogenated alkanes) is 1. The quantitative estimate of drug-likeness (QED) is 0.293. The molecule has 0 aromatic heterocycles. The summed E-state index contributed by atoms with van der Waals surface area (Å²) in [7, 11) is -4.24. The molecule has 1 heterocycles. The van der Waals surface area contributed by atoms with E-state index in [0.29, 0.717) is 19.1 Å². The summed E-state index contributed by atoms with van der Waals surface area (Å²) in [5.41, 5.74) is 0. The van der Waals surface area contributed by atoms with Gasteiger partial charge in [-0.25, -0.2) is 0 Å². The third-order valence-electron chi connectivity index (χ3n) is 2.59. The Balaban J connectivity index is 2.33. The minimum absolute atomic E-state index is 0.0893. The minimum Gasteiger partial charge on any atom is -0.312 e. The van der Waals surface area contributed by atoms with Gasteiger partial charge < -0.3 is 5.41 Å². The van der Waals surface area contributed by atoms with Crippen molar-refractivity contribution in [1.29, 1.82) is 5.41 Å². The molecule has 1 rings (SSSR count). The van der Waals surface area contributed by atoms with Crippen LogP contribution in [0.2, 0.25) is 0 Å². The van der Waals surface area contributed by atoms with Crippen molar-refractivity contribution < 1.29 is 22.6 Å². The largest absolute Gasteiger partial charge is 0.312 e. The first-order valence-corrected chi connectivity index (χ1v) is 6.87. The van der Waals surface area contributed by atoms with Gasteiger partial charge in [-0.2, -0.15) is 8.42 Å². The second kappa shape index (κ2) is 5.87. The predicted octanol–water partition coefficient (Wildman–Crippen LogP) is -0.0123. The fourth-order valence-corrected chi connectivity index (χ4v) is 2.22. The lowest BCUT2D eigenvalue weighted by molar-refractivity contribution is -0.136. The topological polar surface area (TPSA) is 116 Å². The molecular weight excluding hydrogens is 260 g/mol. The molecule has 18 heavy (non-hydrogen) atoms. The zero-order valence-electron chi connectivity index (χ0n) is 9.57. The Kier molecular flexibility index (Phi) is 4.74. The van der Waals surface area contributed by atoms with Crippen LogP contribution in [0.5, 0.6) is 0 Å². The van der Waals surface area contributed by atoms with E-state index >= 15 is 0 Å². The normalized spacial score (nSPS) is 17.3. The maximum absolute atomic E-state index is 11.2. The lowest BCUT2D eigenvalue weighted by atomic mass is 10.2. The Labute approximate surface area is 105 Å². The van der Waals surface area contributed by atoms with Crippen molar-refractivity contribution >= 4 is 28.1 Å². The van der Waals surface area contributed by atoms with Gasteiger partial charge in [-0.15, -0.1) is 0 Å². The highest BCUT2D eigenvalue weighted by Crippen LogP contribution is 2.10. The van der Waals surface area contributed by atoms with E-state index in [9.17, 15) is 18.0 Å². The van der Waals surface area contributed by atoms with Crippen LogP contribution in [0.15, 0.2) is 12.2 Å². The van der Waals surface area contributed by atoms with Crippen LogP contribution in [0.1, 0.15) is 19.3 Å². The maximum Gasteiger partial charge on any atom is 0.272 e. The number of nitrogens with one attached hydrogen (secondary N) is 1. The van der Waals surface area contributed by atoms with Crippen molar-refractivity contribution in [2.45, 2.75) is 24.5 Å². The summed E-state index contributed by atoms with van der Waals surface area (Å²) in [6.45, 7) is 0.209. The maximum atomic E-state index is 11.2. The number of carbonyl (C=O) groups is 2. The van der Waals surface area contributed by atoms with E-state index in [0.717, 1.165) is 4.90 Å². The van der Waals surface area contributed by atoms with Gasteiger partial charge in [0.15, 0.2) is 0 Å². The van der Waals surface area contributed by atoms with Gasteiger partial charge in [0.1, 0.15) is 5.25 Å². The van der Waals surface area contributed by atoms with Crippen molar-refractivity contribution in [2.75, 3.05) is 6.54 Å². The first-order valence-electron chi connectivity index (χ1n) is 5.36. The number of imide groups is 1. The van der Waals surface area contributed by atoms with Crippen LogP contribution in [-0.2, 0) is 19.7 Å². The van der Waals surface area contributed by atoms with Crippen molar-refractivity contribution in [1.82, 2.24) is 4.90 Å². The second-order valence-corrected chi connectivity index (χ2v) is 5.51. The Morgan fingerprint density at radius 2 is 1.83 bits per heavy atom. The summed E-state index contributed by atoms with van der Waals surface area (Å²) < 4.78 is 30.4. The van der Waals surface area contributed by atoms with Crippen LogP contribution in [0.4, 0.5) is 0 Å². The van der Waals surface area contributed by atoms with Crippen LogP contribution in [0, 0.1) is 5.41 Å². The number of hydrogen-bond donors (Lipinski definition) is 2. The van der Waals surface area contributed by atoms with Crippen LogP contribution in [0.3, 0.4) is 0 Å². The van der Waals surface area contributed by atoms with Crippen LogP contribution >= 0.6 is 0 Å². The molecule has 0 aromatic rings. The molecule has 0 aliphatic carbocycles. The number of rotatable bonds is 7. The Hall–Kier alpha value is -1.54. The molecular formula is C10H14N2O5S. The molecule has 0 radical (unpaired) electrons.